The zero-order chi connectivity index (χ0) is 17.7. The average Bonchev–Trinajstić information content (AvgIpc) is 2.59. The first kappa shape index (κ1) is 20.8. The number of nitrogens with zero attached hydrogens (tertiary/aromatic N) is 1. The lowest BCUT2D eigenvalue weighted by molar-refractivity contribution is 0.0954. The Kier molecular flexibility index (Phi) is 7.70. The van der Waals surface area contributed by atoms with Crippen molar-refractivity contribution in [3.05, 3.63) is 57.6 Å². The van der Waals surface area contributed by atoms with Gasteiger partial charge >= 0.3 is 0 Å². The molecular weight excluding hydrogens is 367 g/mol. The lowest BCUT2D eigenvalue weighted by atomic mass is 10.1. The van der Waals surface area contributed by atoms with Crippen molar-refractivity contribution in [1.82, 2.24) is 5.43 Å². The fourth-order valence-electron chi connectivity index (χ4n) is 2.04. The number of phenolic OH excluding ortho intramolecular Hbond substituents is 1. The van der Waals surface area contributed by atoms with Gasteiger partial charge in [0, 0.05) is 16.1 Å². The molecule has 0 radical (unpaired) electrons. The highest BCUT2D eigenvalue weighted by Crippen LogP contribution is 2.32. The average molecular weight is 385 g/mol. The van der Waals surface area contributed by atoms with E-state index in [9.17, 15) is 9.90 Å². The van der Waals surface area contributed by atoms with Crippen LogP contribution in [0.3, 0.4) is 0 Å². The summed E-state index contributed by atoms with van der Waals surface area (Å²) >= 11 is 11.9. The minimum absolute atomic E-state index is 0. The first-order valence-corrected chi connectivity index (χ1v) is 7.91. The molecule has 2 rings (SSSR count). The minimum atomic E-state index is -0.379. The number of aromatic hydroxyl groups is 1. The van der Waals surface area contributed by atoms with Gasteiger partial charge < -0.3 is 15.3 Å². The van der Waals surface area contributed by atoms with Crippen LogP contribution in [0.25, 0.3) is 0 Å². The number of carbonyl (C=O) groups excluding carboxylic acids is 1. The molecule has 0 unspecified atom stereocenters. The van der Waals surface area contributed by atoms with E-state index in [0.717, 1.165) is 0 Å². The number of hydrogen-bond acceptors (Lipinski definition) is 4. The molecule has 1 amide bonds. The topological polar surface area (TPSA) is 102 Å². The summed E-state index contributed by atoms with van der Waals surface area (Å²) < 4.78 is 5.05. The Bertz CT molecular complexity index is 777. The fourth-order valence-corrected chi connectivity index (χ4v) is 2.53. The van der Waals surface area contributed by atoms with E-state index >= 15 is 0 Å². The van der Waals surface area contributed by atoms with E-state index in [1.54, 1.807) is 37.4 Å². The zero-order valence-electron chi connectivity index (χ0n) is 13.6. The van der Waals surface area contributed by atoms with Gasteiger partial charge in [-0.2, -0.15) is 5.10 Å². The van der Waals surface area contributed by atoms with Gasteiger partial charge in [0.2, 0.25) is 0 Å². The number of halogens is 2. The van der Waals surface area contributed by atoms with Crippen molar-refractivity contribution in [1.29, 1.82) is 0 Å². The van der Waals surface area contributed by atoms with Crippen LogP contribution in [-0.2, 0) is 0 Å². The molecule has 0 atom stereocenters. The van der Waals surface area contributed by atoms with Crippen molar-refractivity contribution in [3.8, 4) is 11.5 Å². The summed E-state index contributed by atoms with van der Waals surface area (Å²) in [6.45, 7) is 1.84. The van der Waals surface area contributed by atoms with Gasteiger partial charge in [0.05, 0.1) is 17.8 Å². The third-order valence-electron chi connectivity index (χ3n) is 3.32. The van der Waals surface area contributed by atoms with Crippen molar-refractivity contribution in [3.63, 3.8) is 0 Å². The second-order valence-corrected chi connectivity index (χ2v) is 5.71. The van der Waals surface area contributed by atoms with Crippen molar-refractivity contribution in [2.75, 3.05) is 7.11 Å². The molecule has 0 fully saturated rings. The van der Waals surface area contributed by atoms with Gasteiger partial charge in [0.25, 0.3) is 5.91 Å². The molecule has 8 heteroatoms. The van der Waals surface area contributed by atoms with Gasteiger partial charge in [0.1, 0.15) is 11.5 Å². The van der Waals surface area contributed by atoms with Crippen molar-refractivity contribution in [2.45, 2.75) is 13.3 Å². The molecule has 25 heavy (non-hydrogen) atoms. The molecule has 0 bridgehead atoms. The summed E-state index contributed by atoms with van der Waals surface area (Å²) in [5, 5.41) is 14.6. The van der Waals surface area contributed by atoms with Gasteiger partial charge in [-0.1, -0.05) is 30.1 Å². The van der Waals surface area contributed by atoms with Crippen LogP contribution in [0.4, 0.5) is 0 Å². The van der Waals surface area contributed by atoms with Crippen LogP contribution >= 0.6 is 23.2 Å². The number of carbonyl (C=O) groups is 1. The maximum absolute atomic E-state index is 12.1. The molecule has 0 spiro atoms. The molecule has 0 aliphatic heterocycles. The van der Waals surface area contributed by atoms with Gasteiger partial charge in [0.15, 0.2) is 0 Å². The number of amides is 1. The first-order valence-electron chi connectivity index (χ1n) is 7.15. The molecule has 0 heterocycles. The quantitative estimate of drug-likeness (QED) is 0.609. The summed E-state index contributed by atoms with van der Waals surface area (Å²) in [7, 11) is 1.55. The number of phenols is 1. The number of ether oxygens (including phenoxy) is 1. The monoisotopic (exact) mass is 384 g/mol. The van der Waals surface area contributed by atoms with Gasteiger partial charge in [-0.25, -0.2) is 5.43 Å². The van der Waals surface area contributed by atoms with Gasteiger partial charge in [-0.15, -0.1) is 0 Å². The van der Waals surface area contributed by atoms with Crippen molar-refractivity contribution in [2.24, 2.45) is 5.10 Å². The second-order valence-electron chi connectivity index (χ2n) is 4.87. The molecule has 2 aromatic rings. The van der Waals surface area contributed by atoms with E-state index < -0.39 is 0 Å². The van der Waals surface area contributed by atoms with E-state index in [-0.39, 0.29) is 22.2 Å². The Hall–Kier alpha value is -2.28. The van der Waals surface area contributed by atoms with Crippen LogP contribution in [0, 0.1) is 0 Å². The Labute approximate surface area is 155 Å². The Morgan fingerprint density at radius 3 is 2.44 bits per heavy atom. The summed E-state index contributed by atoms with van der Waals surface area (Å²) in [6, 6.07) is 9.60. The lowest BCUT2D eigenvalue weighted by Crippen LogP contribution is -2.20. The first-order chi connectivity index (χ1) is 11.5. The molecule has 134 valence electrons. The highest BCUT2D eigenvalue weighted by atomic mass is 35.5. The number of rotatable bonds is 5. The molecule has 0 aliphatic carbocycles. The van der Waals surface area contributed by atoms with Crippen molar-refractivity contribution >= 4 is 34.8 Å². The molecule has 0 aliphatic rings. The summed E-state index contributed by atoms with van der Waals surface area (Å²) in [4.78, 5) is 12.1. The van der Waals surface area contributed by atoms with Crippen LogP contribution < -0.4 is 10.2 Å². The van der Waals surface area contributed by atoms with Gasteiger partial charge in [-0.3, -0.25) is 4.79 Å². The minimum Gasteiger partial charge on any atom is -0.506 e. The van der Waals surface area contributed by atoms with E-state index in [0.29, 0.717) is 34.0 Å². The molecule has 4 N–H and O–H groups in total. The number of nitrogens with one attached hydrogen (secondary N) is 1. The summed E-state index contributed by atoms with van der Waals surface area (Å²) in [5.41, 5.74) is 3.73. The Balaban J connectivity index is 0.00000312. The number of methoxy groups -OCH3 is 1. The van der Waals surface area contributed by atoms with Crippen LogP contribution in [-0.4, -0.2) is 29.3 Å². The normalized spacial score (nSPS) is 10.8. The Morgan fingerprint density at radius 2 is 1.88 bits per heavy atom. The van der Waals surface area contributed by atoms with Crippen LogP contribution in [0.5, 0.6) is 11.5 Å². The van der Waals surface area contributed by atoms with Crippen LogP contribution in [0.1, 0.15) is 29.3 Å². The second kappa shape index (κ2) is 9.27. The fraction of sp³-hybridized carbons (Fsp3) is 0.176. The molecular formula is C17H18Cl2N2O4. The standard InChI is InChI=1S/C17H16Cl2N2O3.H2O/c1-3-15(13-8-11(18)9-14(19)16(13)22)20-21-17(23)10-4-6-12(24-2)7-5-10;/h4-9,22H,3H2,1-2H3,(H,21,23);1H2/b20-15+;. The smallest absolute Gasteiger partial charge is 0.271 e. The maximum atomic E-state index is 12.1. The number of benzene rings is 2. The van der Waals surface area contributed by atoms with E-state index in [1.807, 2.05) is 6.92 Å². The zero-order valence-corrected chi connectivity index (χ0v) is 15.1. The number of hydrogen-bond donors (Lipinski definition) is 2. The van der Waals surface area contributed by atoms with E-state index in [4.69, 9.17) is 27.9 Å². The van der Waals surface area contributed by atoms with E-state index in [2.05, 4.69) is 10.5 Å². The number of hydrazone groups is 1. The molecule has 0 saturated carbocycles. The highest BCUT2D eigenvalue weighted by molar-refractivity contribution is 6.36. The lowest BCUT2D eigenvalue weighted by Gasteiger charge is -2.09. The van der Waals surface area contributed by atoms with Gasteiger partial charge in [-0.05, 0) is 42.8 Å². The highest BCUT2D eigenvalue weighted by Gasteiger charge is 2.13. The van der Waals surface area contributed by atoms with Crippen molar-refractivity contribution < 1.29 is 20.1 Å². The van der Waals surface area contributed by atoms with Crippen LogP contribution in [0.15, 0.2) is 41.5 Å². The predicted octanol–water partition coefficient (Wildman–Crippen LogP) is 3.43. The third kappa shape index (κ3) is 5.09. The maximum Gasteiger partial charge on any atom is 0.271 e. The summed E-state index contributed by atoms with van der Waals surface area (Å²) in [5.74, 6) is 0.152. The summed E-state index contributed by atoms with van der Waals surface area (Å²) in [6.07, 6.45) is 0.465. The molecule has 2 aromatic carbocycles. The molecule has 6 nitrogen and oxygen atoms in total. The third-order valence-corrected chi connectivity index (χ3v) is 3.82. The predicted molar refractivity (Wildman–Crippen MR) is 99.0 cm³/mol. The SMILES string of the molecule is CC/C(=N\NC(=O)c1ccc(OC)cc1)c1cc(Cl)cc(Cl)c1O.O. The largest absolute Gasteiger partial charge is 0.506 e. The Morgan fingerprint density at radius 1 is 1.24 bits per heavy atom. The molecule has 0 saturated heterocycles. The molecule has 0 aromatic heterocycles. The van der Waals surface area contributed by atoms with Crippen LogP contribution in [0.2, 0.25) is 10.0 Å². The van der Waals surface area contributed by atoms with E-state index in [1.165, 1.54) is 6.07 Å².